The molecule has 9 heteroatoms. The zero-order valence-electron chi connectivity index (χ0n) is 18.9. The summed E-state index contributed by atoms with van der Waals surface area (Å²) in [6, 6.07) is 14.6. The van der Waals surface area contributed by atoms with Gasteiger partial charge in [-0.1, -0.05) is 36.4 Å². The van der Waals surface area contributed by atoms with E-state index in [4.69, 9.17) is 4.74 Å². The lowest BCUT2D eigenvalue weighted by molar-refractivity contribution is -0.133. The van der Waals surface area contributed by atoms with E-state index in [1.54, 1.807) is 24.4 Å². The van der Waals surface area contributed by atoms with Gasteiger partial charge >= 0.3 is 6.09 Å². The van der Waals surface area contributed by atoms with Crippen LogP contribution in [-0.2, 0) is 16.0 Å². The summed E-state index contributed by atoms with van der Waals surface area (Å²) in [6.45, 7) is -0.687. The van der Waals surface area contributed by atoms with Gasteiger partial charge in [-0.3, -0.25) is 10.1 Å². The minimum atomic E-state index is -1.09. The molecule has 1 aromatic heterocycles. The number of aromatic nitrogens is 1. The number of carbonyl (C=O) groups excluding carboxylic acids is 2. The Bertz CT molecular complexity index is 1130. The van der Waals surface area contributed by atoms with E-state index in [-0.39, 0.29) is 31.2 Å². The molecule has 2 atom stereocenters. The molecule has 0 saturated heterocycles. The van der Waals surface area contributed by atoms with Crippen molar-refractivity contribution >= 4 is 28.6 Å². The van der Waals surface area contributed by atoms with Gasteiger partial charge < -0.3 is 19.8 Å². The molecule has 0 aliphatic carbocycles. The molecule has 1 unspecified atom stereocenters. The maximum absolute atomic E-state index is 13.4. The predicted octanol–water partition coefficient (Wildman–Crippen LogP) is 3.13. The van der Waals surface area contributed by atoms with E-state index in [1.807, 2.05) is 24.3 Å². The van der Waals surface area contributed by atoms with Crippen molar-refractivity contribution in [3.05, 3.63) is 72.2 Å². The SMILES string of the molecule is CN(C(=O)CCc1cccc(F)c1)[C@H](COC(=O)Nc1cc2ccccc2cn1)CC(O)CO. The highest BCUT2D eigenvalue weighted by atomic mass is 19.1. The number of halogens is 1. The summed E-state index contributed by atoms with van der Waals surface area (Å²) in [5.41, 5.74) is 0.687. The third-order valence-corrected chi connectivity index (χ3v) is 5.48. The molecule has 8 nitrogen and oxygen atoms in total. The van der Waals surface area contributed by atoms with Gasteiger partial charge in [0.15, 0.2) is 0 Å². The van der Waals surface area contributed by atoms with E-state index in [1.165, 1.54) is 24.1 Å². The van der Waals surface area contributed by atoms with Crippen molar-refractivity contribution in [1.29, 1.82) is 0 Å². The Morgan fingerprint density at radius 3 is 2.65 bits per heavy atom. The largest absolute Gasteiger partial charge is 0.447 e. The van der Waals surface area contributed by atoms with Crippen LogP contribution in [-0.4, -0.2) is 64.5 Å². The summed E-state index contributed by atoms with van der Waals surface area (Å²) >= 11 is 0. The molecular formula is C25H28FN3O5. The van der Waals surface area contributed by atoms with Gasteiger partial charge in [0.2, 0.25) is 5.91 Å². The first kappa shape index (κ1) is 25.1. The van der Waals surface area contributed by atoms with E-state index < -0.39 is 24.8 Å². The van der Waals surface area contributed by atoms with Crippen LogP contribution in [0.2, 0.25) is 0 Å². The number of carbonyl (C=O) groups is 2. The van der Waals surface area contributed by atoms with E-state index in [9.17, 15) is 24.2 Å². The van der Waals surface area contributed by atoms with Crippen molar-refractivity contribution in [2.24, 2.45) is 0 Å². The van der Waals surface area contributed by atoms with Gasteiger partial charge in [-0.05, 0) is 42.0 Å². The smallest absolute Gasteiger partial charge is 0.412 e. The molecule has 0 aliphatic heterocycles. The highest BCUT2D eigenvalue weighted by Gasteiger charge is 2.24. The molecular weight excluding hydrogens is 441 g/mol. The Morgan fingerprint density at radius 2 is 1.91 bits per heavy atom. The first-order valence-electron chi connectivity index (χ1n) is 10.9. The number of nitrogens with zero attached hydrogens (tertiary/aromatic N) is 2. The number of hydrogen-bond donors (Lipinski definition) is 3. The van der Waals surface area contributed by atoms with E-state index >= 15 is 0 Å². The summed E-state index contributed by atoms with van der Waals surface area (Å²) in [6.07, 6.45) is 0.255. The zero-order valence-corrected chi connectivity index (χ0v) is 18.9. The summed E-state index contributed by atoms with van der Waals surface area (Å²) < 4.78 is 18.7. The molecule has 0 spiro atoms. The third kappa shape index (κ3) is 7.23. The van der Waals surface area contributed by atoms with Crippen LogP contribution in [0.4, 0.5) is 15.0 Å². The number of pyridine rings is 1. The Kier molecular flexibility index (Phi) is 8.89. The average molecular weight is 470 g/mol. The standard InChI is InChI=1S/C25H28FN3O5/c1-29(24(32)10-9-17-5-4-8-20(26)11-17)21(13-22(31)15-30)16-34-25(33)28-23-12-18-6-2-3-7-19(18)14-27-23/h2-8,11-12,14,21-22,30-31H,9-10,13,15-16H2,1H3,(H,27,28,33)/t21-,22?/m0/s1. The van der Waals surface area contributed by atoms with Gasteiger partial charge in [0.05, 0.1) is 18.8 Å². The van der Waals surface area contributed by atoms with Crippen LogP contribution in [0.3, 0.4) is 0 Å². The fourth-order valence-electron chi connectivity index (χ4n) is 3.51. The van der Waals surface area contributed by atoms with Crippen molar-refractivity contribution in [3.63, 3.8) is 0 Å². The number of amides is 2. The number of nitrogens with one attached hydrogen (secondary N) is 1. The number of rotatable bonds is 10. The maximum atomic E-state index is 13.4. The van der Waals surface area contributed by atoms with Crippen molar-refractivity contribution in [2.45, 2.75) is 31.4 Å². The number of hydrogen-bond acceptors (Lipinski definition) is 6. The third-order valence-electron chi connectivity index (χ3n) is 5.48. The maximum Gasteiger partial charge on any atom is 0.412 e. The molecule has 0 bridgehead atoms. The summed E-state index contributed by atoms with van der Waals surface area (Å²) in [5, 5.41) is 23.5. The number of anilines is 1. The van der Waals surface area contributed by atoms with Gasteiger partial charge in [-0.25, -0.2) is 14.2 Å². The highest BCUT2D eigenvalue weighted by Crippen LogP contribution is 2.17. The number of likely N-dealkylation sites (N-methyl/N-ethyl adjacent to an activating group) is 1. The topological polar surface area (TPSA) is 112 Å². The van der Waals surface area contributed by atoms with Crippen LogP contribution in [0.15, 0.2) is 60.8 Å². The number of aliphatic hydroxyl groups excluding tert-OH is 2. The number of fused-ring (bicyclic) bond motifs is 1. The van der Waals surface area contributed by atoms with E-state index in [0.29, 0.717) is 17.8 Å². The Labute approximate surface area is 197 Å². The quantitative estimate of drug-likeness (QED) is 0.421. The second-order valence-electron chi connectivity index (χ2n) is 8.00. The Morgan fingerprint density at radius 1 is 1.15 bits per heavy atom. The van der Waals surface area contributed by atoms with Gasteiger partial charge in [0.1, 0.15) is 18.2 Å². The van der Waals surface area contributed by atoms with Gasteiger partial charge in [0, 0.05) is 25.1 Å². The van der Waals surface area contributed by atoms with Crippen molar-refractivity contribution in [2.75, 3.05) is 25.6 Å². The number of benzene rings is 2. The van der Waals surface area contributed by atoms with Crippen LogP contribution in [0.1, 0.15) is 18.4 Å². The number of aryl methyl sites for hydroxylation is 1. The monoisotopic (exact) mass is 469 g/mol. The molecule has 1 heterocycles. The van der Waals surface area contributed by atoms with Crippen LogP contribution in [0, 0.1) is 5.82 Å². The van der Waals surface area contributed by atoms with Crippen molar-refractivity contribution in [3.8, 4) is 0 Å². The fraction of sp³-hybridized carbons (Fsp3) is 0.320. The lowest BCUT2D eigenvalue weighted by Crippen LogP contribution is -2.43. The normalized spacial score (nSPS) is 12.7. The van der Waals surface area contributed by atoms with Crippen LogP contribution in [0.5, 0.6) is 0 Å². The molecule has 0 aliphatic rings. The molecule has 3 rings (SSSR count). The van der Waals surface area contributed by atoms with Gasteiger partial charge in [0.25, 0.3) is 0 Å². The Hall–Kier alpha value is -3.56. The lowest BCUT2D eigenvalue weighted by atomic mass is 10.1. The van der Waals surface area contributed by atoms with Crippen molar-refractivity contribution in [1.82, 2.24) is 9.88 Å². The Balaban J connectivity index is 1.57. The number of ether oxygens (including phenoxy) is 1. The molecule has 34 heavy (non-hydrogen) atoms. The van der Waals surface area contributed by atoms with Crippen LogP contribution >= 0.6 is 0 Å². The first-order valence-corrected chi connectivity index (χ1v) is 10.9. The molecule has 3 N–H and O–H groups in total. The highest BCUT2D eigenvalue weighted by molar-refractivity contribution is 5.89. The van der Waals surface area contributed by atoms with Crippen molar-refractivity contribution < 1.29 is 28.9 Å². The van der Waals surface area contributed by atoms with Crippen LogP contribution < -0.4 is 5.32 Å². The molecule has 0 radical (unpaired) electrons. The van der Waals surface area contributed by atoms with Gasteiger partial charge in [-0.15, -0.1) is 0 Å². The fourth-order valence-corrected chi connectivity index (χ4v) is 3.51. The van der Waals surface area contributed by atoms with E-state index in [0.717, 1.165) is 10.8 Å². The van der Waals surface area contributed by atoms with E-state index in [2.05, 4.69) is 10.3 Å². The molecule has 180 valence electrons. The average Bonchev–Trinajstić information content (AvgIpc) is 2.84. The molecule has 3 aromatic rings. The van der Waals surface area contributed by atoms with Gasteiger partial charge in [-0.2, -0.15) is 0 Å². The second-order valence-corrected chi connectivity index (χ2v) is 8.00. The molecule has 2 amide bonds. The van der Waals surface area contributed by atoms with Crippen LogP contribution in [0.25, 0.3) is 10.8 Å². The summed E-state index contributed by atoms with van der Waals surface area (Å²) in [5.74, 6) is -0.322. The number of aliphatic hydroxyl groups is 2. The first-order chi connectivity index (χ1) is 16.4. The zero-order chi connectivity index (χ0) is 24.5. The summed E-state index contributed by atoms with van der Waals surface area (Å²) in [4.78, 5) is 30.6. The minimum Gasteiger partial charge on any atom is -0.447 e. The summed E-state index contributed by atoms with van der Waals surface area (Å²) in [7, 11) is 1.54. The molecule has 0 fully saturated rings. The minimum absolute atomic E-state index is 0.0141. The lowest BCUT2D eigenvalue weighted by Gasteiger charge is -2.29. The predicted molar refractivity (Wildman–Crippen MR) is 126 cm³/mol. The molecule has 0 saturated carbocycles. The second kappa shape index (κ2) is 12.1. The molecule has 2 aromatic carbocycles.